The molecule has 3 rings (SSSR count). The standard InChI is InChI=1S/C29H31Cl2FN2O2S/c1-29(2,3)33-28(36)26(16-20-8-5-4-6-9-20)34(17-23-24(30)10-7-11-25(23)31)27(35)19-37-18-21-12-14-22(32)15-13-21/h4-15,26H,16-19H2,1-3H3,(H,33,36)/t26-/m1/s1. The molecule has 0 radical (unpaired) electrons. The van der Waals surface area contributed by atoms with Crippen molar-refractivity contribution in [3.05, 3.63) is 105 Å². The van der Waals surface area contributed by atoms with E-state index in [9.17, 15) is 14.0 Å². The van der Waals surface area contributed by atoms with Gasteiger partial charge in [0.25, 0.3) is 0 Å². The molecule has 0 aliphatic rings. The Morgan fingerprint density at radius 3 is 2.14 bits per heavy atom. The number of hydrogen-bond donors (Lipinski definition) is 1. The third-order valence-electron chi connectivity index (χ3n) is 5.57. The van der Waals surface area contributed by atoms with E-state index in [-0.39, 0.29) is 29.9 Å². The van der Waals surface area contributed by atoms with Gasteiger partial charge in [0, 0.05) is 39.9 Å². The molecule has 0 spiro atoms. The lowest BCUT2D eigenvalue weighted by Gasteiger charge is -2.34. The molecule has 0 aliphatic heterocycles. The van der Waals surface area contributed by atoms with Crippen LogP contribution < -0.4 is 5.32 Å². The van der Waals surface area contributed by atoms with Gasteiger partial charge in [-0.3, -0.25) is 9.59 Å². The largest absolute Gasteiger partial charge is 0.350 e. The summed E-state index contributed by atoms with van der Waals surface area (Å²) in [6.45, 7) is 5.80. The van der Waals surface area contributed by atoms with Crippen LogP contribution in [0.4, 0.5) is 4.39 Å². The van der Waals surface area contributed by atoms with Crippen LogP contribution in [0.5, 0.6) is 0 Å². The van der Waals surface area contributed by atoms with Crippen molar-refractivity contribution in [2.75, 3.05) is 5.75 Å². The number of halogens is 3. The van der Waals surface area contributed by atoms with Crippen LogP contribution in [0.3, 0.4) is 0 Å². The van der Waals surface area contributed by atoms with Gasteiger partial charge in [-0.2, -0.15) is 0 Å². The van der Waals surface area contributed by atoms with E-state index in [0.29, 0.717) is 27.8 Å². The number of nitrogens with zero attached hydrogens (tertiary/aromatic N) is 1. The second kappa shape index (κ2) is 13.3. The van der Waals surface area contributed by atoms with Gasteiger partial charge >= 0.3 is 0 Å². The van der Waals surface area contributed by atoms with Crippen LogP contribution in [0.15, 0.2) is 72.8 Å². The van der Waals surface area contributed by atoms with E-state index >= 15 is 0 Å². The van der Waals surface area contributed by atoms with E-state index in [1.165, 1.54) is 23.9 Å². The molecule has 1 atom stereocenters. The maximum atomic E-state index is 13.7. The van der Waals surface area contributed by atoms with E-state index in [2.05, 4.69) is 5.32 Å². The first-order valence-corrected chi connectivity index (χ1v) is 13.8. The number of hydrogen-bond acceptors (Lipinski definition) is 3. The summed E-state index contributed by atoms with van der Waals surface area (Å²) in [7, 11) is 0. The van der Waals surface area contributed by atoms with Gasteiger partial charge < -0.3 is 10.2 Å². The first-order chi connectivity index (χ1) is 17.5. The van der Waals surface area contributed by atoms with Crippen molar-refractivity contribution in [1.82, 2.24) is 10.2 Å². The summed E-state index contributed by atoms with van der Waals surface area (Å²) in [6, 6.07) is 20.2. The molecule has 0 aliphatic carbocycles. The number of thioether (sulfide) groups is 1. The molecule has 0 unspecified atom stereocenters. The van der Waals surface area contributed by atoms with E-state index in [1.54, 1.807) is 35.2 Å². The molecule has 4 nitrogen and oxygen atoms in total. The smallest absolute Gasteiger partial charge is 0.243 e. The quantitative estimate of drug-likeness (QED) is 0.292. The molecule has 37 heavy (non-hydrogen) atoms. The third-order valence-corrected chi connectivity index (χ3v) is 7.26. The third kappa shape index (κ3) is 9.06. The van der Waals surface area contributed by atoms with Crippen LogP contribution >= 0.6 is 35.0 Å². The van der Waals surface area contributed by atoms with E-state index < -0.39 is 11.6 Å². The number of benzene rings is 3. The maximum Gasteiger partial charge on any atom is 0.243 e. The minimum atomic E-state index is -0.784. The SMILES string of the molecule is CC(C)(C)NC(=O)[C@@H](Cc1ccccc1)N(Cc1c(Cl)cccc1Cl)C(=O)CSCc1ccc(F)cc1. The Morgan fingerprint density at radius 1 is 0.919 bits per heavy atom. The lowest BCUT2D eigenvalue weighted by molar-refractivity contribution is -0.140. The summed E-state index contributed by atoms with van der Waals surface area (Å²) >= 11 is 14.3. The highest BCUT2D eigenvalue weighted by atomic mass is 35.5. The molecule has 2 amide bonds. The van der Waals surface area contributed by atoms with Crippen molar-refractivity contribution in [3.8, 4) is 0 Å². The zero-order chi connectivity index (χ0) is 27.0. The van der Waals surface area contributed by atoms with Gasteiger partial charge in [-0.25, -0.2) is 4.39 Å². The van der Waals surface area contributed by atoms with Crippen molar-refractivity contribution in [2.45, 2.75) is 51.1 Å². The van der Waals surface area contributed by atoms with Crippen LogP contribution in [0.25, 0.3) is 0 Å². The fraction of sp³-hybridized carbons (Fsp3) is 0.310. The summed E-state index contributed by atoms with van der Waals surface area (Å²) in [4.78, 5) is 28.8. The molecule has 1 N–H and O–H groups in total. The number of nitrogens with one attached hydrogen (secondary N) is 1. The van der Waals surface area contributed by atoms with E-state index in [0.717, 1.165) is 11.1 Å². The predicted octanol–water partition coefficient (Wildman–Crippen LogP) is 6.92. The fourth-order valence-corrected chi connectivity index (χ4v) is 5.17. The number of amides is 2. The average molecular weight is 562 g/mol. The van der Waals surface area contributed by atoms with Gasteiger partial charge in [-0.05, 0) is 56.2 Å². The number of carbonyl (C=O) groups excluding carboxylic acids is 2. The van der Waals surface area contributed by atoms with Crippen LogP contribution in [0, 0.1) is 5.82 Å². The highest BCUT2D eigenvalue weighted by Crippen LogP contribution is 2.28. The van der Waals surface area contributed by atoms with Gasteiger partial charge in [0.1, 0.15) is 11.9 Å². The molecule has 3 aromatic rings. The first-order valence-electron chi connectivity index (χ1n) is 11.9. The average Bonchev–Trinajstić information content (AvgIpc) is 2.83. The Bertz CT molecular complexity index is 1180. The van der Waals surface area contributed by atoms with Gasteiger partial charge in [0.15, 0.2) is 0 Å². The Balaban J connectivity index is 1.91. The van der Waals surface area contributed by atoms with Crippen LogP contribution in [0.1, 0.15) is 37.5 Å². The van der Waals surface area contributed by atoms with Crippen molar-refractivity contribution in [1.29, 1.82) is 0 Å². The highest BCUT2D eigenvalue weighted by Gasteiger charge is 2.32. The maximum absolute atomic E-state index is 13.7. The molecule has 3 aromatic carbocycles. The molecule has 0 bridgehead atoms. The molecule has 0 saturated heterocycles. The van der Waals surface area contributed by atoms with E-state index in [1.807, 2.05) is 51.1 Å². The Labute approximate surface area is 232 Å². The Kier molecular flexibility index (Phi) is 10.4. The molecule has 0 aromatic heterocycles. The minimum absolute atomic E-state index is 0.0868. The normalized spacial score (nSPS) is 12.2. The highest BCUT2D eigenvalue weighted by molar-refractivity contribution is 7.99. The second-order valence-corrected chi connectivity index (χ2v) is 11.6. The van der Waals surface area contributed by atoms with Crippen LogP contribution in [-0.4, -0.2) is 34.0 Å². The monoisotopic (exact) mass is 560 g/mol. The number of carbonyl (C=O) groups is 2. The van der Waals surface area contributed by atoms with Crippen molar-refractivity contribution in [2.24, 2.45) is 0 Å². The number of rotatable bonds is 10. The van der Waals surface area contributed by atoms with E-state index in [4.69, 9.17) is 23.2 Å². The summed E-state index contributed by atoms with van der Waals surface area (Å²) in [5.74, 6) is -0.108. The van der Waals surface area contributed by atoms with Gasteiger partial charge in [0.2, 0.25) is 11.8 Å². The zero-order valence-corrected chi connectivity index (χ0v) is 23.5. The zero-order valence-electron chi connectivity index (χ0n) is 21.1. The lowest BCUT2D eigenvalue weighted by atomic mass is 10.0. The first kappa shape index (κ1) is 29.0. The topological polar surface area (TPSA) is 49.4 Å². The minimum Gasteiger partial charge on any atom is -0.350 e. The molecule has 0 fully saturated rings. The molecule has 0 saturated carbocycles. The van der Waals surface area contributed by atoms with Gasteiger partial charge in [-0.1, -0.05) is 71.7 Å². The lowest BCUT2D eigenvalue weighted by Crippen LogP contribution is -2.54. The summed E-state index contributed by atoms with van der Waals surface area (Å²) in [5, 5.41) is 3.90. The Hall–Kier alpha value is -2.54. The van der Waals surface area contributed by atoms with Crippen LogP contribution in [-0.2, 0) is 28.3 Å². The fourth-order valence-electron chi connectivity index (χ4n) is 3.78. The van der Waals surface area contributed by atoms with Crippen molar-refractivity contribution in [3.63, 3.8) is 0 Å². The summed E-state index contributed by atoms with van der Waals surface area (Å²) < 4.78 is 13.2. The molecular formula is C29H31Cl2FN2O2S. The molecular weight excluding hydrogens is 530 g/mol. The van der Waals surface area contributed by atoms with Crippen LogP contribution in [0.2, 0.25) is 10.0 Å². The molecule has 196 valence electrons. The molecule has 8 heteroatoms. The second-order valence-electron chi connectivity index (χ2n) is 9.79. The Morgan fingerprint density at radius 2 is 1.54 bits per heavy atom. The van der Waals surface area contributed by atoms with Gasteiger partial charge in [0.05, 0.1) is 5.75 Å². The summed E-state index contributed by atoms with van der Waals surface area (Å²) in [6.07, 6.45) is 0.333. The summed E-state index contributed by atoms with van der Waals surface area (Å²) in [5.41, 5.74) is 1.94. The van der Waals surface area contributed by atoms with Crippen molar-refractivity contribution < 1.29 is 14.0 Å². The van der Waals surface area contributed by atoms with Crippen molar-refractivity contribution >= 4 is 46.8 Å². The molecule has 0 heterocycles. The van der Waals surface area contributed by atoms with Gasteiger partial charge in [-0.15, -0.1) is 11.8 Å². The predicted molar refractivity (Wildman–Crippen MR) is 151 cm³/mol.